The number of hydrogen-bond donors (Lipinski definition) is 0. The molecule has 0 aliphatic carbocycles. The van der Waals surface area contributed by atoms with Crippen molar-refractivity contribution in [1.29, 1.82) is 0 Å². The van der Waals surface area contributed by atoms with Crippen LogP contribution in [0.25, 0.3) is 0 Å². The largest absolute Gasteiger partial charge is 0.330 e. The summed E-state index contributed by atoms with van der Waals surface area (Å²) in [6, 6.07) is 0. The minimum absolute atomic E-state index is 0.582. The monoisotopic (exact) mass is 474 g/mol. The van der Waals surface area contributed by atoms with Gasteiger partial charge in [-0.05, 0) is 19.3 Å². The van der Waals surface area contributed by atoms with Gasteiger partial charge < -0.3 is 9.05 Å². The van der Waals surface area contributed by atoms with E-state index in [-0.39, 0.29) is 0 Å². The minimum atomic E-state index is -2.89. The van der Waals surface area contributed by atoms with E-state index in [1.165, 1.54) is 116 Å². The lowest BCUT2D eigenvalue weighted by molar-refractivity contribution is 0.197. The average Bonchev–Trinajstić information content (AvgIpc) is 2.80. The van der Waals surface area contributed by atoms with Crippen LogP contribution in [-0.4, -0.2) is 19.4 Å². The summed E-state index contributed by atoms with van der Waals surface area (Å²) in [4.78, 5) is 0. The molecule has 1 unspecified atom stereocenters. The van der Waals surface area contributed by atoms with Gasteiger partial charge in [0.25, 0.3) is 0 Å². The van der Waals surface area contributed by atoms with Crippen molar-refractivity contribution in [2.45, 2.75) is 162 Å². The first-order chi connectivity index (χ1) is 15.7. The molecular weight excluding hydrogens is 415 g/mol. The van der Waals surface area contributed by atoms with Crippen molar-refractivity contribution in [2.24, 2.45) is 0 Å². The molecular formula is C28H59O3P. The van der Waals surface area contributed by atoms with Crippen molar-refractivity contribution in [3.05, 3.63) is 0 Å². The summed E-state index contributed by atoms with van der Waals surface area (Å²) in [6.07, 6.45) is 28.7. The zero-order valence-electron chi connectivity index (χ0n) is 22.3. The Bertz CT molecular complexity index is 400. The Labute approximate surface area is 202 Å². The molecule has 0 saturated heterocycles. The van der Waals surface area contributed by atoms with Crippen LogP contribution in [-0.2, 0) is 13.6 Å². The van der Waals surface area contributed by atoms with E-state index in [2.05, 4.69) is 20.8 Å². The van der Waals surface area contributed by atoms with Crippen LogP contribution in [0.4, 0.5) is 0 Å². The smallest absolute Gasteiger partial charge is 0.309 e. The number of unbranched alkanes of at least 4 members (excludes halogenated alkanes) is 19. The van der Waals surface area contributed by atoms with E-state index in [1.807, 2.05) is 0 Å². The maximum Gasteiger partial charge on any atom is 0.330 e. The van der Waals surface area contributed by atoms with Gasteiger partial charge in [-0.25, -0.2) is 0 Å². The fourth-order valence-corrected chi connectivity index (χ4v) is 5.96. The first kappa shape index (κ1) is 32.1. The van der Waals surface area contributed by atoms with Gasteiger partial charge in [0.2, 0.25) is 0 Å². The predicted molar refractivity (Wildman–Crippen MR) is 143 cm³/mol. The fourth-order valence-electron chi connectivity index (χ4n) is 4.10. The van der Waals surface area contributed by atoms with Gasteiger partial charge in [0.15, 0.2) is 0 Å². The Balaban J connectivity index is 3.65. The van der Waals surface area contributed by atoms with Crippen LogP contribution < -0.4 is 0 Å². The van der Waals surface area contributed by atoms with Gasteiger partial charge >= 0.3 is 7.60 Å². The second-order valence-electron chi connectivity index (χ2n) is 9.72. The van der Waals surface area contributed by atoms with Crippen molar-refractivity contribution in [3.63, 3.8) is 0 Å². The molecule has 194 valence electrons. The summed E-state index contributed by atoms with van der Waals surface area (Å²) in [5.74, 6) is 0. The van der Waals surface area contributed by atoms with Crippen molar-refractivity contribution < 1.29 is 13.6 Å². The molecule has 0 aromatic heterocycles. The Morgan fingerprint density at radius 1 is 0.406 bits per heavy atom. The SMILES string of the molecule is CCCCCCCCCCCCCCCOP(=O)(CCCC)OCCCCCCCCC. The topological polar surface area (TPSA) is 35.5 Å². The first-order valence-corrected chi connectivity index (χ1v) is 16.3. The van der Waals surface area contributed by atoms with Crippen molar-refractivity contribution in [3.8, 4) is 0 Å². The standard InChI is InChI=1S/C28H59O3P/c1-4-7-10-12-14-15-16-17-18-19-21-23-25-27-31-32(29,28-9-6-3)30-26-24-22-20-13-11-8-5-2/h4-28H2,1-3H3. The van der Waals surface area contributed by atoms with Crippen LogP contribution in [0, 0.1) is 0 Å². The van der Waals surface area contributed by atoms with Crippen LogP contribution in [0.15, 0.2) is 0 Å². The lowest BCUT2D eigenvalue weighted by Crippen LogP contribution is -2.03. The normalized spacial score (nSPS) is 13.5. The Morgan fingerprint density at radius 2 is 0.688 bits per heavy atom. The molecule has 0 radical (unpaired) electrons. The summed E-state index contributed by atoms with van der Waals surface area (Å²) in [5.41, 5.74) is 0. The molecule has 0 fully saturated rings. The van der Waals surface area contributed by atoms with E-state index in [9.17, 15) is 4.57 Å². The Hall–Kier alpha value is 0.150. The molecule has 0 rings (SSSR count). The molecule has 4 heteroatoms. The average molecular weight is 475 g/mol. The van der Waals surface area contributed by atoms with Crippen LogP contribution in [0.5, 0.6) is 0 Å². The molecule has 0 amide bonds. The summed E-state index contributed by atoms with van der Waals surface area (Å²) < 4.78 is 24.7. The van der Waals surface area contributed by atoms with E-state index in [1.54, 1.807) is 0 Å². The van der Waals surface area contributed by atoms with E-state index < -0.39 is 7.60 Å². The summed E-state index contributed by atoms with van der Waals surface area (Å²) in [6.45, 7) is 7.85. The van der Waals surface area contributed by atoms with Gasteiger partial charge in [-0.2, -0.15) is 0 Å². The van der Waals surface area contributed by atoms with E-state index in [0.29, 0.717) is 19.4 Å². The molecule has 0 aliphatic rings. The maximum atomic E-state index is 13.0. The van der Waals surface area contributed by atoms with E-state index >= 15 is 0 Å². The van der Waals surface area contributed by atoms with Gasteiger partial charge in [0.05, 0.1) is 19.4 Å². The molecule has 0 saturated carbocycles. The highest BCUT2D eigenvalue weighted by atomic mass is 31.2. The second-order valence-corrected chi connectivity index (χ2v) is 11.9. The summed E-state index contributed by atoms with van der Waals surface area (Å²) in [7, 11) is -2.89. The van der Waals surface area contributed by atoms with Crippen molar-refractivity contribution in [2.75, 3.05) is 19.4 Å². The first-order valence-electron chi connectivity index (χ1n) is 14.6. The fraction of sp³-hybridized carbons (Fsp3) is 1.00. The molecule has 32 heavy (non-hydrogen) atoms. The second kappa shape index (κ2) is 25.8. The zero-order valence-corrected chi connectivity index (χ0v) is 23.2. The van der Waals surface area contributed by atoms with Crippen molar-refractivity contribution in [1.82, 2.24) is 0 Å². The summed E-state index contributed by atoms with van der Waals surface area (Å²) >= 11 is 0. The maximum absolute atomic E-state index is 13.0. The molecule has 0 spiro atoms. The molecule has 0 N–H and O–H groups in total. The third kappa shape index (κ3) is 23.3. The lowest BCUT2D eigenvalue weighted by atomic mass is 10.0. The van der Waals surface area contributed by atoms with Crippen LogP contribution in [0.2, 0.25) is 0 Å². The van der Waals surface area contributed by atoms with Gasteiger partial charge in [0.1, 0.15) is 0 Å². The lowest BCUT2D eigenvalue weighted by Gasteiger charge is -2.18. The highest BCUT2D eigenvalue weighted by molar-refractivity contribution is 7.53. The molecule has 0 aromatic rings. The molecule has 3 nitrogen and oxygen atoms in total. The zero-order chi connectivity index (χ0) is 23.6. The molecule has 0 aliphatic heterocycles. The highest BCUT2D eigenvalue weighted by Crippen LogP contribution is 2.49. The van der Waals surface area contributed by atoms with Crippen molar-refractivity contribution >= 4 is 7.60 Å². The molecule has 1 atom stereocenters. The van der Waals surface area contributed by atoms with E-state index in [4.69, 9.17) is 9.05 Å². The van der Waals surface area contributed by atoms with E-state index in [0.717, 1.165) is 25.7 Å². The Kier molecular flexibility index (Phi) is 25.9. The van der Waals surface area contributed by atoms with Gasteiger partial charge in [-0.1, -0.05) is 143 Å². The molecule has 0 bridgehead atoms. The minimum Gasteiger partial charge on any atom is -0.309 e. The Morgan fingerprint density at radius 3 is 1.00 bits per heavy atom. The van der Waals surface area contributed by atoms with Gasteiger partial charge in [-0.3, -0.25) is 4.57 Å². The quantitative estimate of drug-likeness (QED) is 0.0877. The van der Waals surface area contributed by atoms with Gasteiger partial charge in [0, 0.05) is 0 Å². The third-order valence-corrected chi connectivity index (χ3v) is 8.37. The van der Waals surface area contributed by atoms with Crippen LogP contribution in [0.3, 0.4) is 0 Å². The summed E-state index contributed by atoms with van der Waals surface area (Å²) in [5, 5.41) is 0. The van der Waals surface area contributed by atoms with Gasteiger partial charge in [-0.15, -0.1) is 0 Å². The molecule has 0 aromatic carbocycles. The highest BCUT2D eigenvalue weighted by Gasteiger charge is 2.23. The third-order valence-electron chi connectivity index (χ3n) is 6.36. The predicted octanol–water partition coefficient (Wildman–Crippen LogP) is 10.9. The molecule has 0 heterocycles. The van der Waals surface area contributed by atoms with Crippen LogP contribution >= 0.6 is 7.60 Å². The van der Waals surface area contributed by atoms with Crippen LogP contribution in [0.1, 0.15) is 162 Å². The number of hydrogen-bond acceptors (Lipinski definition) is 3. The number of rotatable bonds is 27.